The van der Waals surface area contributed by atoms with Crippen molar-refractivity contribution in [2.45, 2.75) is 31.3 Å². The largest absolute Gasteiger partial charge is 0.348 e. The molecule has 2 aromatic rings. The summed E-state index contributed by atoms with van der Waals surface area (Å²) >= 11 is 3.42. The lowest BCUT2D eigenvalue weighted by Gasteiger charge is -2.15. The number of carbonyl (C=O) groups excluding carboxylic acids is 1. The summed E-state index contributed by atoms with van der Waals surface area (Å²) < 4.78 is 2.75. The van der Waals surface area contributed by atoms with Crippen LogP contribution in [0.1, 0.15) is 29.6 Å². The van der Waals surface area contributed by atoms with Crippen molar-refractivity contribution in [3.63, 3.8) is 0 Å². The van der Waals surface area contributed by atoms with Gasteiger partial charge in [-0.15, -0.1) is 0 Å². The van der Waals surface area contributed by atoms with E-state index in [2.05, 4.69) is 31.2 Å². The summed E-state index contributed by atoms with van der Waals surface area (Å²) in [5.74, 6) is -0.0315. The molecule has 120 valence electrons. The molecule has 1 aromatic heterocycles. The number of aromatic nitrogens is 2. The van der Waals surface area contributed by atoms with Crippen molar-refractivity contribution in [1.82, 2.24) is 20.0 Å². The van der Waals surface area contributed by atoms with Gasteiger partial charge < -0.3 is 5.32 Å². The lowest BCUT2D eigenvalue weighted by molar-refractivity contribution is 0.0937. The first-order chi connectivity index (χ1) is 11.2. The van der Waals surface area contributed by atoms with Crippen LogP contribution in [0.3, 0.4) is 0 Å². The van der Waals surface area contributed by atoms with E-state index in [0.29, 0.717) is 5.56 Å². The number of halogens is 1. The molecule has 5 nitrogen and oxygen atoms in total. The highest BCUT2D eigenvalue weighted by molar-refractivity contribution is 9.10. The van der Waals surface area contributed by atoms with Gasteiger partial charge in [0.1, 0.15) is 0 Å². The molecule has 0 radical (unpaired) electrons. The van der Waals surface area contributed by atoms with E-state index in [9.17, 15) is 4.79 Å². The van der Waals surface area contributed by atoms with Gasteiger partial charge in [-0.1, -0.05) is 15.9 Å². The Morgan fingerprint density at radius 1 is 1.22 bits per heavy atom. The van der Waals surface area contributed by atoms with Crippen molar-refractivity contribution in [2.24, 2.45) is 0 Å². The monoisotopic (exact) mass is 374 g/mol. The van der Waals surface area contributed by atoms with Gasteiger partial charge in [0.2, 0.25) is 0 Å². The fourth-order valence-corrected chi connectivity index (χ4v) is 3.38. The highest BCUT2D eigenvalue weighted by atomic mass is 79.9. The zero-order valence-corrected chi connectivity index (χ0v) is 14.4. The van der Waals surface area contributed by atoms with Crippen LogP contribution in [0.2, 0.25) is 0 Å². The maximum Gasteiger partial charge on any atom is 0.254 e. The van der Waals surface area contributed by atoms with E-state index >= 15 is 0 Å². The molecule has 4 rings (SSSR count). The van der Waals surface area contributed by atoms with Gasteiger partial charge in [0.25, 0.3) is 5.91 Å². The molecule has 1 saturated heterocycles. The molecule has 1 aliphatic heterocycles. The van der Waals surface area contributed by atoms with Crippen molar-refractivity contribution in [1.29, 1.82) is 0 Å². The average molecular weight is 375 g/mol. The molecule has 1 N–H and O–H groups in total. The summed E-state index contributed by atoms with van der Waals surface area (Å²) in [5.41, 5.74) is 1.55. The lowest BCUT2D eigenvalue weighted by Crippen LogP contribution is -2.37. The topological polar surface area (TPSA) is 50.2 Å². The molecule has 1 saturated carbocycles. The minimum Gasteiger partial charge on any atom is -0.348 e. The van der Waals surface area contributed by atoms with E-state index in [1.54, 1.807) is 17.1 Å². The summed E-state index contributed by atoms with van der Waals surface area (Å²) in [6, 6.07) is 8.88. The van der Waals surface area contributed by atoms with Gasteiger partial charge >= 0.3 is 0 Å². The van der Waals surface area contributed by atoms with Crippen LogP contribution < -0.4 is 5.32 Å². The van der Waals surface area contributed by atoms with Crippen molar-refractivity contribution in [3.8, 4) is 5.69 Å². The number of likely N-dealkylation sites (tertiary alicyclic amines) is 1. The zero-order chi connectivity index (χ0) is 15.8. The van der Waals surface area contributed by atoms with Crippen molar-refractivity contribution >= 4 is 21.8 Å². The smallest absolute Gasteiger partial charge is 0.254 e. The predicted molar refractivity (Wildman–Crippen MR) is 91.7 cm³/mol. The van der Waals surface area contributed by atoms with E-state index < -0.39 is 0 Å². The normalized spacial score (nSPS) is 21.5. The molecule has 1 amide bonds. The first kappa shape index (κ1) is 14.9. The minimum absolute atomic E-state index is 0.0315. The number of hydrogen-bond acceptors (Lipinski definition) is 3. The third-order valence-corrected chi connectivity index (χ3v) is 5.08. The second kappa shape index (κ2) is 6.09. The van der Waals surface area contributed by atoms with Crippen LogP contribution in [0.25, 0.3) is 5.69 Å². The molecule has 2 aliphatic rings. The quantitative estimate of drug-likeness (QED) is 0.894. The van der Waals surface area contributed by atoms with Crippen molar-refractivity contribution in [3.05, 3.63) is 46.7 Å². The molecule has 2 heterocycles. The lowest BCUT2D eigenvalue weighted by atomic mass is 10.2. The van der Waals surface area contributed by atoms with E-state index in [4.69, 9.17) is 0 Å². The molecule has 6 heteroatoms. The Bertz CT molecular complexity index is 708. The Hall–Kier alpha value is -1.66. The molecule has 0 unspecified atom stereocenters. The molecule has 23 heavy (non-hydrogen) atoms. The Balaban J connectivity index is 1.40. The fourth-order valence-electron chi connectivity index (χ4n) is 3.12. The Labute approximate surface area is 143 Å². The van der Waals surface area contributed by atoms with Crippen LogP contribution in [0.4, 0.5) is 0 Å². The second-order valence-electron chi connectivity index (χ2n) is 6.34. The number of hydrogen-bond donors (Lipinski definition) is 1. The van der Waals surface area contributed by atoms with Crippen LogP contribution in [0.5, 0.6) is 0 Å². The SMILES string of the molecule is O=C(N[C@@H]1CCN(C2CC2)C1)c1cnn(-c2ccc(Br)cc2)c1. The maximum absolute atomic E-state index is 12.4. The second-order valence-corrected chi connectivity index (χ2v) is 7.25. The van der Waals surface area contributed by atoms with Gasteiger partial charge in [-0.25, -0.2) is 4.68 Å². The summed E-state index contributed by atoms with van der Waals surface area (Å²) in [5, 5.41) is 7.44. The van der Waals surface area contributed by atoms with Gasteiger partial charge in [-0.3, -0.25) is 9.69 Å². The molecule has 0 spiro atoms. The van der Waals surface area contributed by atoms with Gasteiger partial charge in [0, 0.05) is 35.8 Å². The number of carbonyl (C=O) groups is 1. The van der Waals surface area contributed by atoms with Gasteiger partial charge in [0.15, 0.2) is 0 Å². The molecular weight excluding hydrogens is 356 g/mol. The standard InChI is InChI=1S/C17H19BrN4O/c18-13-1-3-16(4-2-13)22-10-12(9-19-22)17(23)20-14-7-8-21(11-14)15-5-6-15/h1-4,9-10,14-15H,5-8,11H2,(H,20,23)/t14-/m1/s1. The first-order valence-electron chi connectivity index (χ1n) is 8.04. The Morgan fingerprint density at radius 3 is 2.74 bits per heavy atom. The highest BCUT2D eigenvalue weighted by Gasteiger charge is 2.34. The van der Waals surface area contributed by atoms with Gasteiger partial charge in [0.05, 0.1) is 17.4 Å². The van der Waals surface area contributed by atoms with E-state index in [1.807, 2.05) is 24.3 Å². The average Bonchev–Trinajstić information content (AvgIpc) is 3.10. The van der Waals surface area contributed by atoms with Gasteiger partial charge in [-0.05, 0) is 43.5 Å². The third kappa shape index (κ3) is 3.33. The predicted octanol–water partition coefficient (Wildman–Crippen LogP) is 2.60. The van der Waals surface area contributed by atoms with Crippen molar-refractivity contribution in [2.75, 3.05) is 13.1 Å². The molecular formula is C17H19BrN4O. The molecule has 1 atom stereocenters. The maximum atomic E-state index is 12.4. The van der Waals surface area contributed by atoms with E-state index in [1.165, 1.54) is 12.8 Å². The summed E-state index contributed by atoms with van der Waals surface area (Å²) in [6.07, 6.45) is 7.10. The molecule has 2 fully saturated rings. The zero-order valence-electron chi connectivity index (χ0n) is 12.8. The minimum atomic E-state index is -0.0315. The molecule has 1 aliphatic carbocycles. The molecule has 1 aromatic carbocycles. The number of amides is 1. The summed E-state index contributed by atoms with van der Waals surface area (Å²) in [7, 11) is 0. The van der Waals surface area contributed by atoms with Crippen LogP contribution in [-0.2, 0) is 0 Å². The van der Waals surface area contributed by atoms with Crippen molar-refractivity contribution < 1.29 is 4.79 Å². The number of benzene rings is 1. The van der Waals surface area contributed by atoms with Gasteiger partial charge in [-0.2, -0.15) is 5.10 Å². The number of rotatable bonds is 4. The van der Waals surface area contributed by atoms with Crippen LogP contribution in [0, 0.1) is 0 Å². The van der Waals surface area contributed by atoms with E-state index in [-0.39, 0.29) is 11.9 Å². The van der Waals surface area contributed by atoms with Crippen LogP contribution in [-0.4, -0.2) is 45.8 Å². The third-order valence-electron chi connectivity index (χ3n) is 4.55. The molecule has 0 bridgehead atoms. The first-order valence-corrected chi connectivity index (χ1v) is 8.84. The van der Waals surface area contributed by atoms with Crippen LogP contribution in [0.15, 0.2) is 41.1 Å². The number of nitrogens with zero attached hydrogens (tertiary/aromatic N) is 3. The van der Waals surface area contributed by atoms with Crippen LogP contribution >= 0.6 is 15.9 Å². The highest BCUT2D eigenvalue weighted by Crippen LogP contribution is 2.29. The Kier molecular flexibility index (Phi) is 3.95. The van der Waals surface area contributed by atoms with E-state index in [0.717, 1.165) is 35.7 Å². The summed E-state index contributed by atoms with van der Waals surface area (Å²) in [6.45, 7) is 2.09. The fraction of sp³-hybridized carbons (Fsp3) is 0.412. The number of nitrogens with one attached hydrogen (secondary N) is 1. The summed E-state index contributed by atoms with van der Waals surface area (Å²) in [4.78, 5) is 14.9. The Morgan fingerprint density at radius 2 is 2.00 bits per heavy atom.